The minimum atomic E-state index is -1.42. The molecule has 0 radical (unpaired) electrons. The molecule has 1 aromatic carbocycles. The first-order valence-electron chi connectivity index (χ1n) is 6.86. The second kappa shape index (κ2) is 8.29. The van der Waals surface area contributed by atoms with Gasteiger partial charge in [0.15, 0.2) is 0 Å². The van der Waals surface area contributed by atoms with E-state index in [0.29, 0.717) is 5.02 Å². The van der Waals surface area contributed by atoms with Gasteiger partial charge in [-0.15, -0.1) is 0 Å². The van der Waals surface area contributed by atoms with Crippen LogP contribution in [0, 0.1) is 0 Å². The molecule has 122 valence electrons. The van der Waals surface area contributed by atoms with Gasteiger partial charge in [0.25, 0.3) is 0 Å². The lowest BCUT2D eigenvalue weighted by molar-refractivity contribution is -0.133. The molecule has 0 spiro atoms. The molecule has 0 saturated heterocycles. The summed E-state index contributed by atoms with van der Waals surface area (Å²) >= 11 is 6.08. The van der Waals surface area contributed by atoms with Crippen LogP contribution in [-0.2, 0) is 20.4 Å². The molecule has 22 heavy (non-hydrogen) atoms. The molecule has 1 aromatic rings. The second-order valence-electron chi connectivity index (χ2n) is 5.21. The lowest BCUT2D eigenvalue weighted by atomic mass is 10.2. The molecule has 5 nitrogen and oxygen atoms in total. The van der Waals surface area contributed by atoms with Crippen LogP contribution in [0.2, 0.25) is 5.02 Å². The number of likely N-dealkylation sites (N-methyl/N-ethyl adjacent to an activating group) is 1. The van der Waals surface area contributed by atoms with E-state index in [1.54, 1.807) is 46.1 Å². The van der Waals surface area contributed by atoms with Crippen LogP contribution in [0.15, 0.2) is 24.3 Å². The van der Waals surface area contributed by atoms with Gasteiger partial charge in [-0.1, -0.05) is 29.8 Å². The number of hydrogen-bond acceptors (Lipinski definition) is 3. The van der Waals surface area contributed by atoms with E-state index in [0.717, 1.165) is 5.56 Å². The average molecular weight is 345 g/mol. The zero-order chi connectivity index (χ0) is 16.9. The highest BCUT2D eigenvalue weighted by molar-refractivity contribution is 7.86. The largest absolute Gasteiger partial charge is 0.347 e. The number of halogens is 1. The molecule has 3 unspecified atom stereocenters. The molecule has 0 aliphatic heterocycles. The molecular formula is C15H21ClN2O3S. The maximum absolute atomic E-state index is 12.3. The third-order valence-electron chi connectivity index (χ3n) is 3.20. The average Bonchev–Trinajstić information content (AvgIpc) is 2.45. The Morgan fingerprint density at radius 3 is 2.41 bits per heavy atom. The Morgan fingerprint density at radius 2 is 1.86 bits per heavy atom. The number of benzene rings is 1. The summed E-state index contributed by atoms with van der Waals surface area (Å²) in [5.41, 5.74) is 0.743. The van der Waals surface area contributed by atoms with E-state index in [1.165, 1.54) is 4.90 Å². The van der Waals surface area contributed by atoms with Gasteiger partial charge < -0.3 is 10.2 Å². The molecule has 0 heterocycles. The van der Waals surface area contributed by atoms with Gasteiger partial charge in [0.2, 0.25) is 11.8 Å². The molecule has 2 amide bonds. The van der Waals surface area contributed by atoms with Crippen LogP contribution >= 0.6 is 11.6 Å². The predicted molar refractivity (Wildman–Crippen MR) is 89.2 cm³/mol. The summed E-state index contributed by atoms with van der Waals surface area (Å²) in [6.07, 6.45) is 0. The van der Waals surface area contributed by atoms with Gasteiger partial charge >= 0.3 is 0 Å². The number of carbonyl (C=O) groups is 2. The van der Waals surface area contributed by atoms with Gasteiger partial charge in [-0.25, -0.2) is 0 Å². The molecule has 0 aliphatic rings. The highest BCUT2D eigenvalue weighted by Gasteiger charge is 2.22. The van der Waals surface area contributed by atoms with Crippen molar-refractivity contribution in [2.24, 2.45) is 0 Å². The van der Waals surface area contributed by atoms with Crippen LogP contribution in [0.5, 0.6) is 0 Å². The number of hydrogen-bond donors (Lipinski definition) is 1. The molecule has 0 aliphatic carbocycles. The number of nitrogens with zero attached hydrogens (tertiary/aromatic N) is 1. The Morgan fingerprint density at radius 1 is 1.27 bits per heavy atom. The van der Waals surface area contributed by atoms with Crippen molar-refractivity contribution >= 4 is 34.2 Å². The minimum absolute atomic E-state index is 0.169. The molecule has 0 fully saturated rings. The van der Waals surface area contributed by atoms with Crippen molar-refractivity contribution in [2.45, 2.75) is 25.1 Å². The van der Waals surface area contributed by atoms with Crippen LogP contribution in [-0.4, -0.2) is 46.8 Å². The van der Waals surface area contributed by atoms with Crippen molar-refractivity contribution in [3.8, 4) is 0 Å². The zero-order valence-corrected chi connectivity index (χ0v) is 14.7. The summed E-state index contributed by atoms with van der Waals surface area (Å²) in [6, 6.07) is 6.48. The van der Waals surface area contributed by atoms with Crippen molar-refractivity contribution in [2.75, 3.05) is 19.8 Å². The fraction of sp³-hybridized carbons (Fsp3) is 0.467. The third kappa shape index (κ3) is 5.10. The van der Waals surface area contributed by atoms with Crippen LogP contribution in [0.1, 0.15) is 24.7 Å². The lowest BCUT2D eigenvalue weighted by Gasteiger charge is -2.18. The maximum atomic E-state index is 12.3. The van der Waals surface area contributed by atoms with Crippen LogP contribution in [0.25, 0.3) is 0 Å². The second-order valence-corrected chi connectivity index (χ2v) is 7.38. The number of amides is 2. The summed E-state index contributed by atoms with van der Waals surface area (Å²) in [5, 5.41) is 2.72. The van der Waals surface area contributed by atoms with Crippen molar-refractivity contribution in [3.63, 3.8) is 0 Å². The number of nitrogens with one attached hydrogen (secondary N) is 1. The molecule has 1 rings (SSSR count). The topological polar surface area (TPSA) is 66.5 Å². The van der Waals surface area contributed by atoms with E-state index < -0.39 is 22.7 Å². The van der Waals surface area contributed by atoms with E-state index in [-0.39, 0.29) is 16.9 Å². The lowest BCUT2D eigenvalue weighted by Crippen LogP contribution is -2.45. The van der Waals surface area contributed by atoms with E-state index in [9.17, 15) is 13.8 Å². The van der Waals surface area contributed by atoms with E-state index in [2.05, 4.69) is 5.32 Å². The molecule has 0 aromatic heterocycles. The summed E-state index contributed by atoms with van der Waals surface area (Å²) in [7, 11) is 1.81. The normalized spacial score (nSPS) is 14.8. The Kier molecular flexibility index (Phi) is 7.03. The predicted octanol–water partition coefficient (Wildman–Crippen LogP) is 1.74. The molecule has 7 heteroatoms. The van der Waals surface area contributed by atoms with Gasteiger partial charge in [0.05, 0.1) is 5.25 Å². The van der Waals surface area contributed by atoms with E-state index in [1.807, 2.05) is 6.07 Å². The first kappa shape index (κ1) is 18.6. The third-order valence-corrected chi connectivity index (χ3v) is 5.13. The fourth-order valence-electron chi connectivity index (χ4n) is 1.93. The Balaban J connectivity index is 2.63. The summed E-state index contributed by atoms with van der Waals surface area (Å²) in [4.78, 5) is 25.0. The molecule has 3 atom stereocenters. The summed E-state index contributed by atoms with van der Waals surface area (Å²) < 4.78 is 12.3. The van der Waals surface area contributed by atoms with Gasteiger partial charge in [-0.05, 0) is 25.5 Å². The Bertz CT molecular complexity index is 578. The smallest absolute Gasteiger partial charge is 0.244 e. The Hall–Kier alpha value is -1.40. The van der Waals surface area contributed by atoms with Gasteiger partial charge in [-0.3, -0.25) is 13.8 Å². The SMILES string of the molecule is CC(NC(=O)CS(=O)C(C)c1ccccc1Cl)C(=O)N(C)C. The standard InChI is InChI=1S/C15H21ClN2O3S/c1-10(15(20)18(3)4)17-14(19)9-22(21)11(2)12-7-5-6-8-13(12)16/h5-8,10-11H,9H2,1-4H3,(H,17,19). The summed E-state index contributed by atoms with van der Waals surface area (Å²) in [5.74, 6) is -0.796. The molecular weight excluding hydrogens is 324 g/mol. The molecule has 0 bridgehead atoms. The first-order valence-corrected chi connectivity index (χ1v) is 8.62. The quantitative estimate of drug-likeness (QED) is 0.854. The van der Waals surface area contributed by atoms with E-state index >= 15 is 0 Å². The highest BCUT2D eigenvalue weighted by atomic mass is 35.5. The van der Waals surface area contributed by atoms with Crippen molar-refractivity contribution in [1.29, 1.82) is 0 Å². The van der Waals surface area contributed by atoms with Crippen molar-refractivity contribution in [1.82, 2.24) is 10.2 Å². The molecule has 1 N–H and O–H groups in total. The minimum Gasteiger partial charge on any atom is -0.347 e. The number of rotatable bonds is 6. The Labute approximate surface area is 138 Å². The van der Waals surface area contributed by atoms with Gasteiger partial charge in [0, 0.05) is 29.9 Å². The first-order chi connectivity index (χ1) is 10.2. The maximum Gasteiger partial charge on any atom is 0.244 e. The number of carbonyl (C=O) groups excluding carboxylic acids is 2. The van der Waals surface area contributed by atoms with Crippen molar-refractivity contribution < 1.29 is 13.8 Å². The van der Waals surface area contributed by atoms with Crippen LogP contribution in [0.3, 0.4) is 0 Å². The van der Waals surface area contributed by atoms with Gasteiger partial charge in [0.1, 0.15) is 11.8 Å². The summed E-state index contributed by atoms with van der Waals surface area (Å²) in [6.45, 7) is 3.36. The fourth-order valence-corrected chi connectivity index (χ4v) is 3.38. The van der Waals surface area contributed by atoms with Crippen LogP contribution in [0.4, 0.5) is 0 Å². The zero-order valence-electron chi connectivity index (χ0n) is 13.1. The van der Waals surface area contributed by atoms with Gasteiger partial charge in [-0.2, -0.15) is 0 Å². The van der Waals surface area contributed by atoms with E-state index in [4.69, 9.17) is 11.6 Å². The monoisotopic (exact) mass is 344 g/mol. The molecule has 0 saturated carbocycles. The van der Waals surface area contributed by atoms with Crippen LogP contribution < -0.4 is 5.32 Å². The van der Waals surface area contributed by atoms with Crippen molar-refractivity contribution in [3.05, 3.63) is 34.9 Å². The highest BCUT2D eigenvalue weighted by Crippen LogP contribution is 2.26.